The van der Waals surface area contributed by atoms with Crippen LogP contribution in [0.5, 0.6) is 11.5 Å². The van der Waals surface area contributed by atoms with Crippen molar-refractivity contribution in [3.05, 3.63) is 59.7 Å². The topological polar surface area (TPSA) is 43.0 Å². The number of hydrogen-bond donors (Lipinski definition) is 1. The van der Waals surface area contributed by atoms with Crippen LogP contribution < -0.4 is 14.8 Å². The molecule has 0 radical (unpaired) electrons. The fraction of sp³-hybridized carbons (Fsp3) is 0.520. The van der Waals surface area contributed by atoms with Gasteiger partial charge in [0.1, 0.15) is 18.1 Å². The molecule has 2 fully saturated rings. The van der Waals surface area contributed by atoms with Gasteiger partial charge in [-0.15, -0.1) is 12.4 Å². The van der Waals surface area contributed by atoms with Crippen molar-refractivity contribution in [2.75, 3.05) is 46.6 Å². The summed E-state index contributed by atoms with van der Waals surface area (Å²) in [7, 11) is 1.76. The van der Waals surface area contributed by atoms with Gasteiger partial charge in [-0.25, -0.2) is 0 Å². The lowest BCUT2D eigenvalue weighted by molar-refractivity contribution is 0.0322. The van der Waals surface area contributed by atoms with E-state index in [1.165, 1.54) is 24.0 Å². The molecule has 0 aromatic heterocycles. The number of rotatable bonds is 9. The molecule has 0 spiro atoms. The van der Waals surface area contributed by atoms with Crippen LogP contribution in [0.4, 0.5) is 0 Å². The molecule has 4 rings (SSSR count). The van der Waals surface area contributed by atoms with Crippen LogP contribution in [0.1, 0.15) is 36.8 Å². The molecule has 2 aliphatic rings. The Bertz CT molecular complexity index is 805. The van der Waals surface area contributed by atoms with Gasteiger partial charge in [-0.2, -0.15) is 0 Å². The third-order valence-corrected chi connectivity index (χ3v) is 6.44. The average Bonchev–Trinajstić information content (AvgIpc) is 3.29. The number of hydrogen-bond acceptors (Lipinski definition) is 5. The minimum Gasteiger partial charge on any atom is -0.496 e. The highest BCUT2D eigenvalue weighted by molar-refractivity contribution is 5.85. The monoisotopic (exact) mass is 446 g/mol. The Morgan fingerprint density at radius 2 is 1.65 bits per heavy atom. The molecule has 170 valence electrons. The lowest BCUT2D eigenvalue weighted by Crippen LogP contribution is -2.40. The number of nitrogens with zero attached hydrogens (tertiary/aromatic N) is 1. The Morgan fingerprint density at radius 1 is 0.968 bits per heavy atom. The molecule has 31 heavy (non-hydrogen) atoms. The first-order valence-corrected chi connectivity index (χ1v) is 11.2. The van der Waals surface area contributed by atoms with Crippen molar-refractivity contribution in [2.24, 2.45) is 0 Å². The van der Waals surface area contributed by atoms with Gasteiger partial charge in [-0.05, 0) is 25.0 Å². The van der Waals surface area contributed by atoms with E-state index in [0.29, 0.717) is 6.61 Å². The Labute approximate surface area is 192 Å². The number of ether oxygens (including phenoxy) is 3. The average molecular weight is 447 g/mol. The normalized spacial score (nSPS) is 18.4. The Balaban J connectivity index is 0.00000272. The van der Waals surface area contributed by atoms with Gasteiger partial charge in [-0.3, -0.25) is 4.90 Å². The van der Waals surface area contributed by atoms with Gasteiger partial charge in [-0.1, -0.05) is 49.2 Å². The lowest BCUT2D eigenvalue weighted by atomic mass is 9.87. The number of para-hydroxylation sites is 2. The zero-order chi connectivity index (χ0) is 20.7. The quantitative estimate of drug-likeness (QED) is 0.618. The van der Waals surface area contributed by atoms with E-state index in [2.05, 4.69) is 52.7 Å². The van der Waals surface area contributed by atoms with Crippen molar-refractivity contribution in [1.29, 1.82) is 0 Å². The van der Waals surface area contributed by atoms with Crippen LogP contribution in [0, 0.1) is 0 Å². The summed E-state index contributed by atoms with van der Waals surface area (Å²) in [6.07, 6.45) is 4.74. The largest absolute Gasteiger partial charge is 0.496 e. The molecule has 0 bridgehead atoms. The van der Waals surface area contributed by atoms with Crippen LogP contribution in [0.2, 0.25) is 0 Å². The summed E-state index contributed by atoms with van der Waals surface area (Å²) in [6, 6.07) is 16.8. The second kappa shape index (κ2) is 11.7. The van der Waals surface area contributed by atoms with E-state index in [9.17, 15) is 0 Å². The molecule has 2 aromatic carbocycles. The summed E-state index contributed by atoms with van der Waals surface area (Å²) in [5, 5.41) is 3.90. The Kier molecular flexibility index (Phi) is 9.02. The van der Waals surface area contributed by atoms with Crippen molar-refractivity contribution in [1.82, 2.24) is 10.2 Å². The van der Waals surface area contributed by atoms with Crippen molar-refractivity contribution in [3.8, 4) is 11.5 Å². The van der Waals surface area contributed by atoms with Crippen LogP contribution in [0.3, 0.4) is 0 Å². The molecule has 1 N–H and O–H groups in total. The molecule has 5 nitrogen and oxygen atoms in total. The molecule has 0 unspecified atom stereocenters. The minimum atomic E-state index is -0.0342. The third kappa shape index (κ3) is 5.92. The minimum absolute atomic E-state index is 0. The molecule has 1 aliphatic heterocycles. The predicted octanol–water partition coefficient (Wildman–Crippen LogP) is 4.39. The van der Waals surface area contributed by atoms with Crippen LogP contribution in [-0.2, 0) is 16.8 Å². The number of methoxy groups -OCH3 is 1. The van der Waals surface area contributed by atoms with Gasteiger partial charge in [0.25, 0.3) is 0 Å². The fourth-order valence-electron chi connectivity index (χ4n) is 4.72. The summed E-state index contributed by atoms with van der Waals surface area (Å²) < 4.78 is 17.3. The second-order valence-electron chi connectivity index (χ2n) is 8.25. The lowest BCUT2D eigenvalue weighted by Gasteiger charge is -2.33. The first-order valence-electron chi connectivity index (χ1n) is 11.2. The standard InChI is InChI=1S/C25H34N2O3.ClH/c1-28-24-11-5-3-9-22(24)25(12-6-7-13-25)26-20-21-8-2-4-10-23(21)30-19-16-27-14-17-29-18-15-27;/h2-5,8-11,26H,6-7,12-20H2,1H3;1H. The van der Waals surface area contributed by atoms with Gasteiger partial charge in [0, 0.05) is 42.8 Å². The van der Waals surface area contributed by atoms with Crippen LogP contribution in [0.25, 0.3) is 0 Å². The van der Waals surface area contributed by atoms with Gasteiger partial charge >= 0.3 is 0 Å². The molecule has 0 atom stereocenters. The van der Waals surface area contributed by atoms with Crippen molar-refractivity contribution in [3.63, 3.8) is 0 Å². The molecule has 1 heterocycles. The molecular formula is C25H35ClN2O3. The van der Waals surface area contributed by atoms with E-state index in [-0.39, 0.29) is 17.9 Å². The Hall–Kier alpha value is -1.79. The van der Waals surface area contributed by atoms with Gasteiger partial charge in [0.2, 0.25) is 0 Å². The highest BCUT2D eigenvalue weighted by Crippen LogP contribution is 2.43. The summed E-state index contributed by atoms with van der Waals surface area (Å²) in [5.41, 5.74) is 2.45. The molecule has 1 saturated carbocycles. The van der Waals surface area contributed by atoms with E-state index >= 15 is 0 Å². The summed E-state index contributed by atoms with van der Waals surface area (Å²) in [5.74, 6) is 1.95. The van der Waals surface area contributed by atoms with Crippen LogP contribution >= 0.6 is 12.4 Å². The van der Waals surface area contributed by atoms with E-state index in [1.807, 2.05) is 6.07 Å². The van der Waals surface area contributed by atoms with Gasteiger partial charge < -0.3 is 19.5 Å². The molecule has 1 saturated heterocycles. The Morgan fingerprint density at radius 3 is 2.39 bits per heavy atom. The van der Waals surface area contributed by atoms with E-state index < -0.39 is 0 Å². The molecule has 2 aromatic rings. The van der Waals surface area contributed by atoms with Crippen molar-refractivity contribution < 1.29 is 14.2 Å². The number of benzene rings is 2. The highest BCUT2D eigenvalue weighted by atomic mass is 35.5. The molecular weight excluding hydrogens is 412 g/mol. The van der Waals surface area contributed by atoms with E-state index in [4.69, 9.17) is 14.2 Å². The van der Waals surface area contributed by atoms with Crippen molar-refractivity contribution in [2.45, 2.75) is 37.8 Å². The fourth-order valence-corrected chi connectivity index (χ4v) is 4.72. The third-order valence-electron chi connectivity index (χ3n) is 6.44. The number of morpholine rings is 1. The number of nitrogens with one attached hydrogen (secondary N) is 1. The summed E-state index contributed by atoms with van der Waals surface area (Å²) >= 11 is 0. The first kappa shape index (κ1) is 23.9. The maximum absolute atomic E-state index is 6.19. The van der Waals surface area contributed by atoms with Crippen LogP contribution in [-0.4, -0.2) is 51.5 Å². The van der Waals surface area contributed by atoms with Crippen LogP contribution in [0.15, 0.2) is 48.5 Å². The van der Waals surface area contributed by atoms with Gasteiger partial charge in [0.05, 0.1) is 20.3 Å². The smallest absolute Gasteiger partial charge is 0.123 e. The summed E-state index contributed by atoms with van der Waals surface area (Å²) in [4.78, 5) is 2.40. The SMILES string of the molecule is COc1ccccc1C1(NCc2ccccc2OCCN2CCOCC2)CCCC1.Cl. The maximum Gasteiger partial charge on any atom is 0.123 e. The molecule has 0 amide bonds. The van der Waals surface area contributed by atoms with Gasteiger partial charge in [0.15, 0.2) is 0 Å². The molecule has 1 aliphatic carbocycles. The first-order chi connectivity index (χ1) is 14.8. The molecule has 6 heteroatoms. The predicted molar refractivity (Wildman–Crippen MR) is 126 cm³/mol. The number of halogens is 1. The van der Waals surface area contributed by atoms with Crippen molar-refractivity contribution >= 4 is 12.4 Å². The summed E-state index contributed by atoms with van der Waals surface area (Å²) in [6.45, 7) is 6.07. The zero-order valence-corrected chi connectivity index (χ0v) is 19.3. The highest BCUT2D eigenvalue weighted by Gasteiger charge is 2.37. The van der Waals surface area contributed by atoms with E-state index in [1.54, 1.807) is 7.11 Å². The second-order valence-corrected chi connectivity index (χ2v) is 8.25. The zero-order valence-electron chi connectivity index (χ0n) is 18.5. The van der Waals surface area contributed by atoms with E-state index in [0.717, 1.165) is 63.7 Å². The maximum atomic E-state index is 6.19.